The Morgan fingerprint density at radius 2 is 2.00 bits per heavy atom. The zero-order valence-corrected chi connectivity index (χ0v) is 14.0. The van der Waals surface area contributed by atoms with Crippen LogP contribution in [0.1, 0.15) is 28.9 Å². The van der Waals surface area contributed by atoms with Crippen molar-refractivity contribution in [3.8, 4) is 5.75 Å². The number of nitrogens with zero attached hydrogens (tertiary/aromatic N) is 2. The van der Waals surface area contributed by atoms with Gasteiger partial charge in [0.1, 0.15) is 17.3 Å². The molecule has 6 heteroatoms. The second kappa shape index (κ2) is 8.58. The van der Waals surface area contributed by atoms with Crippen LogP contribution in [0, 0.1) is 5.82 Å². The summed E-state index contributed by atoms with van der Waals surface area (Å²) in [4.78, 5) is 18.5. The molecule has 2 aromatic rings. The van der Waals surface area contributed by atoms with Gasteiger partial charge in [0.15, 0.2) is 0 Å². The number of hydrogen-bond donors (Lipinski definition) is 0. The molecular formula is C19H21FN2O3. The van der Waals surface area contributed by atoms with Gasteiger partial charge in [-0.05, 0) is 43.2 Å². The highest BCUT2D eigenvalue weighted by atomic mass is 19.1. The van der Waals surface area contributed by atoms with Crippen molar-refractivity contribution in [2.45, 2.75) is 19.4 Å². The summed E-state index contributed by atoms with van der Waals surface area (Å²) in [7, 11) is 0. The summed E-state index contributed by atoms with van der Waals surface area (Å²) >= 11 is 0. The molecule has 132 valence electrons. The van der Waals surface area contributed by atoms with Gasteiger partial charge in [-0.2, -0.15) is 0 Å². The third-order valence-corrected chi connectivity index (χ3v) is 4.00. The molecule has 0 spiro atoms. The fourth-order valence-corrected chi connectivity index (χ4v) is 2.69. The Balaban J connectivity index is 1.87. The van der Waals surface area contributed by atoms with Crippen LogP contribution in [0.15, 0.2) is 42.6 Å². The topological polar surface area (TPSA) is 51.7 Å². The maximum atomic E-state index is 13.7. The summed E-state index contributed by atoms with van der Waals surface area (Å²) in [6.45, 7) is 2.25. The van der Waals surface area contributed by atoms with Crippen LogP contribution in [0.4, 0.5) is 4.39 Å². The lowest BCUT2D eigenvalue weighted by Gasteiger charge is -2.24. The molecule has 0 fully saturated rings. The SMILES string of the molecule is O=C(c1ccccn1)N1CCOCCCCOc2ccc(F)cc2C1. The van der Waals surface area contributed by atoms with Gasteiger partial charge >= 0.3 is 0 Å². The molecule has 1 amide bonds. The molecule has 1 aliphatic heterocycles. The second-order valence-corrected chi connectivity index (χ2v) is 5.86. The number of aromatic nitrogens is 1. The normalized spacial score (nSPS) is 16.1. The number of carbonyl (C=O) groups is 1. The zero-order valence-electron chi connectivity index (χ0n) is 14.0. The Morgan fingerprint density at radius 3 is 2.84 bits per heavy atom. The first kappa shape index (κ1) is 17.4. The van der Waals surface area contributed by atoms with Gasteiger partial charge in [0.25, 0.3) is 5.91 Å². The van der Waals surface area contributed by atoms with Crippen LogP contribution in [0.2, 0.25) is 0 Å². The van der Waals surface area contributed by atoms with Crippen molar-refractivity contribution in [1.29, 1.82) is 0 Å². The second-order valence-electron chi connectivity index (χ2n) is 5.86. The van der Waals surface area contributed by atoms with Crippen molar-refractivity contribution >= 4 is 5.91 Å². The standard InChI is InChI=1S/C19H21FN2O3/c20-16-6-7-18-15(13-16)14-22(9-12-24-10-3-4-11-25-18)19(23)17-5-1-2-8-21-17/h1-2,5-8,13H,3-4,9-12,14H2. The van der Waals surface area contributed by atoms with Gasteiger partial charge in [0.05, 0.1) is 13.2 Å². The number of ether oxygens (including phenoxy) is 2. The molecule has 25 heavy (non-hydrogen) atoms. The monoisotopic (exact) mass is 344 g/mol. The van der Waals surface area contributed by atoms with E-state index in [1.54, 1.807) is 35.4 Å². The molecule has 0 atom stereocenters. The van der Waals surface area contributed by atoms with E-state index >= 15 is 0 Å². The molecule has 2 heterocycles. The van der Waals surface area contributed by atoms with Crippen molar-refractivity contribution in [1.82, 2.24) is 9.88 Å². The first-order chi connectivity index (χ1) is 12.2. The quantitative estimate of drug-likeness (QED) is 0.798. The Morgan fingerprint density at radius 1 is 1.12 bits per heavy atom. The van der Waals surface area contributed by atoms with Gasteiger partial charge < -0.3 is 14.4 Å². The smallest absolute Gasteiger partial charge is 0.272 e. The van der Waals surface area contributed by atoms with E-state index in [-0.39, 0.29) is 18.3 Å². The first-order valence-electron chi connectivity index (χ1n) is 8.43. The van der Waals surface area contributed by atoms with Crippen LogP contribution in [0.5, 0.6) is 5.75 Å². The third kappa shape index (κ3) is 4.76. The lowest BCUT2D eigenvalue weighted by atomic mass is 10.1. The van der Waals surface area contributed by atoms with Crippen LogP contribution in [0.3, 0.4) is 0 Å². The fourth-order valence-electron chi connectivity index (χ4n) is 2.69. The van der Waals surface area contributed by atoms with E-state index in [0.717, 1.165) is 12.8 Å². The van der Waals surface area contributed by atoms with Crippen LogP contribution >= 0.6 is 0 Å². The maximum Gasteiger partial charge on any atom is 0.272 e. The minimum absolute atomic E-state index is 0.212. The third-order valence-electron chi connectivity index (χ3n) is 4.00. The molecule has 3 rings (SSSR count). The van der Waals surface area contributed by atoms with E-state index in [2.05, 4.69) is 4.98 Å². The molecule has 1 aromatic heterocycles. The Labute approximate surface area is 146 Å². The number of carbonyl (C=O) groups excluding carboxylic acids is 1. The fraction of sp³-hybridized carbons (Fsp3) is 0.368. The van der Waals surface area contributed by atoms with Crippen LogP contribution in [-0.2, 0) is 11.3 Å². The number of fused-ring (bicyclic) bond motifs is 1. The van der Waals surface area contributed by atoms with Gasteiger partial charge in [-0.3, -0.25) is 9.78 Å². The molecule has 0 aliphatic carbocycles. The molecule has 0 radical (unpaired) electrons. The molecule has 0 saturated heterocycles. The van der Waals surface area contributed by atoms with Crippen LogP contribution < -0.4 is 4.74 Å². The number of pyridine rings is 1. The van der Waals surface area contributed by atoms with E-state index in [1.165, 1.54) is 12.1 Å². The minimum Gasteiger partial charge on any atom is -0.493 e. The number of hydrogen-bond acceptors (Lipinski definition) is 4. The lowest BCUT2D eigenvalue weighted by molar-refractivity contribution is 0.0602. The molecular weight excluding hydrogens is 323 g/mol. The summed E-state index contributed by atoms with van der Waals surface area (Å²) in [5, 5.41) is 0. The summed E-state index contributed by atoms with van der Waals surface area (Å²) in [6, 6.07) is 9.61. The van der Waals surface area contributed by atoms with E-state index in [1.807, 2.05) is 0 Å². The summed E-state index contributed by atoms with van der Waals surface area (Å²) < 4.78 is 25.1. The van der Waals surface area contributed by atoms with E-state index in [4.69, 9.17) is 9.47 Å². The molecule has 5 nitrogen and oxygen atoms in total. The summed E-state index contributed by atoms with van der Waals surface area (Å²) in [5.74, 6) is 0.0501. The van der Waals surface area contributed by atoms with E-state index < -0.39 is 0 Å². The van der Waals surface area contributed by atoms with Crippen molar-refractivity contribution < 1.29 is 18.7 Å². The average Bonchev–Trinajstić information content (AvgIpc) is 2.63. The van der Waals surface area contributed by atoms with Crippen molar-refractivity contribution in [2.24, 2.45) is 0 Å². The van der Waals surface area contributed by atoms with Gasteiger partial charge in [-0.25, -0.2) is 4.39 Å². The van der Waals surface area contributed by atoms with Crippen LogP contribution in [-0.4, -0.2) is 42.2 Å². The minimum atomic E-state index is -0.351. The predicted molar refractivity (Wildman–Crippen MR) is 90.9 cm³/mol. The van der Waals surface area contributed by atoms with Gasteiger partial charge in [-0.15, -0.1) is 0 Å². The Bertz CT molecular complexity index is 709. The number of benzene rings is 1. The highest BCUT2D eigenvalue weighted by molar-refractivity contribution is 5.92. The largest absolute Gasteiger partial charge is 0.493 e. The van der Waals surface area contributed by atoms with Gasteiger partial charge in [0, 0.05) is 31.5 Å². The summed E-state index contributed by atoms with van der Waals surface area (Å²) in [6.07, 6.45) is 3.33. The van der Waals surface area contributed by atoms with Gasteiger partial charge in [0.2, 0.25) is 0 Å². The van der Waals surface area contributed by atoms with Crippen molar-refractivity contribution in [3.05, 3.63) is 59.7 Å². The maximum absolute atomic E-state index is 13.7. The highest BCUT2D eigenvalue weighted by Gasteiger charge is 2.19. The predicted octanol–water partition coefficient (Wildman–Crippen LogP) is 3.05. The van der Waals surface area contributed by atoms with Crippen LogP contribution in [0.25, 0.3) is 0 Å². The molecule has 0 unspecified atom stereocenters. The molecule has 1 aliphatic rings. The average molecular weight is 344 g/mol. The molecule has 1 aromatic carbocycles. The molecule has 0 saturated carbocycles. The Hall–Kier alpha value is -2.47. The first-order valence-corrected chi connectivity index (χ1v) is 8.43. The molecule has 0 N–H and O–H groups in total. The van der Waals surface area contributed by atoms with E-state index in [9.17, 15) is 9.18 Å². The van der Waals surface area contributed by atoms with Crippen molar-refractivity contribution in [3.63, 3.8) is 0 Å². The number of halogens is 1. The summed E-state index contributed by atoms with van der Waals surface area (Å²) in [5.41, 5.74) is 0.998. The lowest BCUT2D eigenvalue weighted by Crippen LogP contribution is -2.34. The Kier molecular flexibility index (Phi) is 5.95. The zero-order chi connectivity index (χ0) is 17.5. The number of rotatable bonds is 1. The molecule has 0 bridgehead atoms. The highest BCUT2D eigenvalue weighted by Crippen LogP contribution is 2.23. The van der Waals surface area contributed by atoms with Crippen molar-refractivity contribution in [2.75, 3.05) is 26.4 Å². The number of amides is 1. The van der Waals surface area contributed by atoms with Gasteiger partial charge in [-0.1, -0.05) is 6.07 Å². The van der Waals surface area contributed by atoms with E-state index in [0.29, 0.717) is 43.4 Å².